The van der Waals surface area contributed by atoms with Gasteiger partial charge in [0.25, 0.3) is 0 Å². The Morgan fingerprint density at radius 2 is 2.04 bits per heavy atom. The van der Waals surface area contributed by atoms with Crippen molar-refractivity contribution in [2.45, 2.75) is 45.4 Å². The van der Waals surface area contributed by atoms with Gasteiger partial charge in [0.05, 0.1) is 17.8 Å². The molecule has 1 N–H and O–H groups in total. The Morgan fingerprint density at radius 1 is 1.26 bits per heavy atom. The smallest absolute Gasteiger partial charge is 0.229 e. The summed E-state index contributed by atoms with van der Waals surface area (Å²) in [5.41, 5.74) is 3.82. The summed E-state index contributed by atoms with van der Waals surface area (Å²) in [6.07, 6.45) is 3.15. The molecule has 27 heavy (non-hydrogen) atoms. The van der Waals surface area contributed by atoms with Crippen LogP contribution in [0.2, 0.25) is 0 Å². The van der Waals surface area contributed by atoms with Gasteiger partial charge in [-0.25, -0.2) is 4.68 Å². The van der Waals surface area contributed by atoms with Gasteiger partial charge in [-0.15, -0.1) is 0 Å². The number of amides is 1. The molecule has 1 aromatic carbocycles. The molecule has 0 spiro atoms. The maximum Gasteiger partial charge on any atom is 0.229 e. The minimum atomic E-state index is -0.0280. The zero-order valence-corrected chi connectivity index (χ0v) is 15.6. The Kier molecular flexibility index (Phi) is 4.75. The molecule has 7 heteroatoms. The number of aryl methyl sites for hydroxylation is 1. The van der Waals surface area contributed by atoms with Crippen molar-refractivity contribution in [2.75, 3.05) is 6.54 Å². The Hall–Kier alpha value is -2.96. The van der Waals surface area contributed by atoms with Gasteiger partial charge < -0.3 is 9.84 Å². The van der Waals surface area contributed by atoms with Gasteiger partial charge in [-0.3, -0.25) is 4.79 Å². The lowest BCUT2D eigenvalue weighted by Gasteiger charge is -2.06. The topological polar surface area (TPSA) is 85.8 Å². The molecule has 2 heterocycles. The number of benzene rings is 1. The normalized spacial score (nSPS) is 13.7. The van der Waals surface area contributed by atoms with E-state index in [4.69, 9.17) is 4.52 Å². The molecule has 1 aliphatic rings. The second kappa shape index (κ2) is 7.34. The molecule has 0 bridgehead atoms. The highest BCUT2D eigenvalue weighted by Gasteiger charge is 2.29. The van der Waals surface area contributed by atoms with Crippen LogP contribution < -0.4 is 5.32 Å². The largest absolute Gasteiger partial charge is 0.355 e. The fourth-order valence-electron chi connectivity index (χ4n) is 3.15. The van der Waals surface area contributed by atoms with Crippen LogP contribution in [-0.4, -0.2) is 32.4 Å². The van der Waals surface area contributed by atoms with Crippen molar-refractivity contribution in [1.82, 2.24) is 25.2 Å². The Bertz CT molecular complexity index is 941. The molecule has 0 unspecified atom stereocenters. The maximum absolute atomic E-state index is 12.4. The highest BCUT2D eigenvalue weighted by Crippen LogP contribution is 2.38. The molecular formula is C20H23N5O2. The minimum absolute atomic E-state index is 0.0280. The lowest BCUT2D eigenvalue weighted by atomic mass is 10.1. The second-order valence-electron chi connectivity index (χ2n) is 7.00. The summed E-state index contributed by atoms with van der Waals surface area (Å²) >= 11 is 0. The SMILES string of the molecule is Cc1nn(-c2ccccc2)c(C)c1CC(=O)NCCc1noc(C2CC2)n1. The number of rotatable bonds is 7. The first-order valence-corrected chi connectivity index (χ1v) is 9.31. The zero-order valence-electron chi connectivity index (χ0n) is 15.6. The number of nitrogens with zero attached hydrogens (tertiary/aromatic N) is 4. The monoisotopic (exact) mass is 365 g/mol. The van der Waals surface area contributed by atoms with Crippen LogP contribution in [0.4, 0.5) is 0 Å². The van der Waals surface area contributed by atoms with Gasteiger partial charge in [0.15, 0.2) is 5.82 Å². The number of nitrogens with one attached hydrogen (secondary N) is 1. The van der Waals surface area contributed by atoms with Crippen LogP contribution in [0.1, 0.15) is 47.4 Å². The van der Waals surface area contributed by atoms with E-state index in [-0.39, 0.29) is 5.91 Å². The molecule has 3 aromatic rings. The van der Waals surface area contributed by atoms with E-state index in [9.17, 15) is 4.79 Å². The number of carbonyl (C=O) groups is 1. The average molecular weight is 365 g/mol. The van der Waals surface area contributed by atoms with Crippen molar-refractivity contribution >= 4 is 5.91 Å². The third-order valence-electron chi connectivity index (χ3n) is 4.86. The van der Waals surface area contributed by atoms with E-state index in [2.05, 4.69) is 20.6 Å². The molecular weight excluding hydrogens is 342 g/mol. The van der Waals surface area contributed by atoms with Gasteiger partial charge in [-0.1, -0.05) is 23.4 Å². The molecule has 7 nitrogen and oxygen atoms in total. The van der Waals surface area contributed by atoms with Gasteiger partial charge in [0, 0.05) is 30.1 Å². The number of carbonyl (C=O) groups excluding carboxylic acids is 1. The first-order chi connectivity index (χ1) is 13.1. The molecule has 0 aliphatic heterocycles. The molecule has 1 saturated carbocycles. The van der Waals surface area contributed by atoms with Gasteiger partial charge in [0.2, 0.25) is 11.8 Å². The number of hydrogen-bond acceptors (Lipinski definition) is 5. The summed E-state index contributed by atoms with van der Waals surface area (Å²) in [4.78, 5) is 16.7. The predicted octanol–water partition coefficient (Wildman–Crippen LogP) is 2.65. The van der Waals surface area contributed by atoms with E-state index in [1.165, 1.54) is 0 Å². The molecule has 2 aromatic heterocycles. The van der Waals surface area contributed by atoms with E-state index in [0.29, 0.717) is 31.1 Å². The third-order valence-corrected chi connectivity index (χ3v) is 4.86. The van der Waals surface area contributed by atoms with Crippen LogP contribution in [0.25, 0.3) is 5.69 Å². The van der Waals surface area contributed by atoms with E-state index in [1.54, 1.807) is 0 Å². The van der Waals surface area contributed by atoms with Crippen LogP contribution >= 0.6 is 0 Å². The average Bonchev–Trinajstić information content (AvgIpc) is 3.36. The van der Waals surface area contributed by atoms with Crippen molar-refractivity contribution < 1.29 is 9.32 Å². The zero-order chi connectivity index (χ0) is 18.8. The predicted molar refractivity (Wildman–Crippen MR) is 99.7 cm³/mol. The molecule has 140 valence electrons. The molecule has 1 fully saturated rings. The summed E-state index contributed by atoms with van der Waals surface area (Å²) in [6.45, 7) is 4.43. The van der Waals surface area contributed by atoms with Crippen molar-refractivity contribution in [1.29, 1.82) is 0 Å². The Labute approximate surface area is 157 Å². The van der Waals surface area contributed by atoms with E-state index < -0.39 is 0 Å². The first kappa shape index (κ1) is 17.5. The fraction of sp³-hybridized carbons (Fsp3) is 0.400. The van der Waals surface area contributed by atoms with E-state index in [1.807, 2.05) is 48.9 Å². The summed E-state index contributed by atoms with van der Waals surface area (Å²) in [7, 11) is 0. The highest BCUT2D eigenvalue weighted by molar-refractivity contribution is 5.79. The van der Waals surface area contributed by atoms with Crippen LogP contribution in [0.5, 0.6) is 0 Å². The van der Waals surface area contributed by atoms with Gasteiger partial charge in [-0.05, 0) is 38.8 Å². The molecule has 0 atom stereocenters. The van der Waals surface area contributed by atoms with E-state index >= 15 is 0 Å². The lowest BCUT2D eigenvalue weighted by molar-refractivity contribution is -0.120. The van der Waals surface area contributed by atoms with Crippen molar-refractivity contribution in [2.24, 2.45) is 0 Å². The van der Waals surface area contributed by atoms with Crippen LogP contribution in [0.15, 0.2) is 34.9 Å². The van der Waals surface area contributed by atoms with Crippen molar-refractivity contribution in [3.63, 3.8) is 0 Å². The molecule has 4 rings (SSSR count). The van der Waals surface area contributed by atoms with Crippen molar-refractivity contribution in [3.05, 3.63) is 59.0 Å². The molecule has 0 radical (unpaired) electrons. The van der Waals surface area contributed by atoms with Crippen LogP contribution in [-0.2, 0) is 17.6 Å². The highest BCUT2D eigenvalue weighted by atomic mass is 16.5. The summed E-state index contributed by atoms with van der Waals surface area (Å²) < 4.78 is 7.12. The quantitative estimate of drug-likeness (QED) is 0.696. The maximum atomic E-state index is 12.4. The van der Waals surface area contributed by atoms with Crippen LogP contribution in [0.3, 0.4) is 0 Å². The molecule has 1 aliphatic carbocycles. The summed E-state index contributed by atoms with van der Waals surface area (Å²) in [5.74, 6) is 1.81. The van der Waals surface area contributed by atoms with Crippen LogP contribution in [0, 0.1) is 13.8 Å². The van der Waals surface area contributed by atoms with E-state index in [0.717, 1.165) is 41.4 Å². The second-order valence-corrected chi connectivity index (χ2v) is 7.00. The Morgan fingerprint density at radius 3 is 2.78 bits per heavy atom. The number of para-hydroxylation sites is 1. The Balaban J connectivity index is 1.34. The number of aromatic nitrogens is 4. The first-order valence-electron chi connectivity index (χ1n) is 9.31. The lowest BCUT2D eigenvalue weighted by Crippen LogP contribution is -2.27. The third kappa shape index (κ3) is 3.92. The molecule has 1 amide bonds. The fourth-order valence-corrected chi connectivity index (χ4v) is 3.15. The van der Waals surface area contributed by atoms with Gasteiger partial charge >= 0.3 is 0 Å². The summed E-state index contributed by atoms with van der Waals surface area (Å²) in [6, 6.07) is 9.94. The minimum Gasteiger partial charge on any atom is -0.355 e. The van der Waals surface area contributed by atoms with Crippen molar-refractivity contribution in [3.8, 4) is 5.69 Å². The van der Waals surface area contributed by atoms with Gasteiger partial charge in [0.1, 0.15) is 0 Å². The summed E-state index contributed by atoms with van der Waals surface area (Å²) in [5, 5.41) is 11.5. The molecule has 0 saturated heterocycles. The number of hydrogen-bond donors (Lipinski definition) is 1. The van der Waals surface area contributed by atoms with Gasteiger partial charge in [-0.2, -0.15) is 10.1 Å². The standard InChI is InChI=1S/C20H23N5O2/c1-13-17(14(2)25(23-13)16-6-4-3-5-7-16)12-19(26)21-11-10-18-22-20(27-24-18)15-8-9-15/h3-7,15H,8-12H2,1-2H3,(H,21,26).